The number of halogens is 1. The van der Waals surface area contributed by atoms with E-state index < -0.39 is 0 Å². The molecule has 0 saturated carbocycles. The Labute approximate surface area is 195 Å². The van der Waals surface area contributed by atoms with E-state index in [4.69, 9.17) is 0 Å². The number of fused-ring (bicyclic) bond motifs is 3. The van der Waals surface area contributed by atoms with Crippen LogP contribution in [0.15, 0.2) is 126 Å². The molecule has 0 N–H and O–H groups in total. The molecule has 0 spiro atoms. The predicted molar refractivity (Wildman–Crippen MR) is 139 cm³/mol. The molecule has 0 aliphatic heterocycles. The smallest absolute Gasteiger partial charge is 0.0541 e. The lowest BCUT2D eigenvalue weighted by atomic mass is 9.99. The fourth-order valence-corrected chi connectivity index (χ4v) is 5.05. The maximum Gasteiger partial charge on any atom is 0.0541 e. The molecular formula is C30H20BrN. The zero-order valence-electron chi connectivity index (χ0n) is 17.4. The van der Waals surface area contributed by atoms with E-state index in [0.29, 0.717) is 0 Å². The van der Waals surface area contributed by atoms with Gasteiger partial charge in [0.15, 0.2) is 0 Å². The van der Waals surface area contributed by atoms with Crippen LogP contribution in [0.25, 0.3) is 49.7 Å². The average molecular weight is 474 g/mol. The number of para-hydroxylation sites is 2. The van der Waals surface area contributed by atoms with Crippen molar-refractivity contribution in [3.63, 3.8) is 0 Å². The molecule has 0 aliphatic rings. The van der Waals surface area contributed by atoms with E-state index in [1.165, 1.54) is 49.7 Å². The highest BCUT2D eigenvalue weighted by atomic mass is 79.9. The summed E-state index contributed by atoms with van der Waals surface area (Å²) in [7, 11) is 0. The van der Waals surface area contributed by atoms with Crippen LogP contribution in [0.3, 0.4) is 0 Å². The molecule has 0 unspecified atom stereocenters. The van der Waals surface area contributed by atoms with Crippen LogP contribution in [-0.2, 0) is 0 Å². The molecular weight excluding hydrogens is 454 g/mol. The minimum Gasteiger partial charge on any atom is -0.309 e. The molecule has 32 heavy (non-hydrogen) atoms. The van der Waals surface area contributed by atoms with Crippen LogP contribution in [0.2, 0.25) is 0 Å². The molecule has 0 amide bonds. The van der Waals surface area contributed by atoms with Crippen LogP contribution in [0, 0.1) is 0 Å². The topological polar surface area (TPSA) is 4.93 Å². The molecule has 1 aromatic heterocycles. The number of aromatic nitrogens is 1. The lowest BCUT2D eigenvalue weighted by molar-refractivity contribution is 1.18. The zero-order chi connectivity index (χ0) is 21.5. The summed E-state index contributed by atoms with van der Waals surface area (Å²) in [4.78, 5) is 0. The number of hydrogen-bond acceptors (Lipinski definition) is 0. The summed E-state index contributed by atoms with van der Waals surface area (Å²) >= 11 is 3.70. The van der Waals surface area contributed by atoms with Crippen molar-refractivity contribution in [2.75, 3.05) is 0 Å². The maximum absolute atomic E-state index is 3.70. The van der Waals surface area contributed by atoms with E-state index in [-0.39, 0.29) is 0 Å². The van der Waals surface area contributed by atoms with Crippen LogP contribution in [0.4, 0.5) is 0 Å². The third-order valence-electron chi connectivity index (χ3n) is 6.04. The zero-order valence-corrected chi connectivity index (χ0v) is 19.0. The molecule has 0 aliphatic carbocycles. The van der Waals surface area contributed by atoms with Gasteiger partial charge in [0, 0.05) is 20.9 Å². The van der Waals surface area contributed by atoms with Crippen molar-refractivity contribution in [1.29, 1.82) is 0 Å². The summed E-state index contributed by atoms with van der Waals surface area (Å²) in [5.41, 5.74) is 8.47. The van der Waals surface area contributed by atoms with Crippen molar-refractivity contribution < 1.29 is 0 Å². The SMILES string of the molecule is Brc1cc(-c2ccccc2)cc(-c2ccc(-n3c4ccccc4c4ccccc43)cc2)c1. The monoisotopic (exact) mass is 473 g/mol. The summed E-state index contributed by atoms with van der Waals surface area (Å²) in [6, 6.07) is 43.2. The highest BCUT2D eigenvalue weighted by molar-refractivity contribution is 9.10. The quantitative estimate of drug-likeness (QED) is 0.241. The average Bonchev–Trinajstić information content (AvgIpc) is 3.19. The van der Waals surface area contributed by atoms with E-state index in [1.807, 2.05) is 0 Å². The second kappa shape index (κ2) is 7.81. The van der Waals surface area contributed by atoms with Crippen LogP contribution >= 0.6 is 15.9 Å². The summed E-state index contributed by atoms with van der Waals surface area (Å²) in [5, 5.41) is 2.57. The first-order valence-corrected chi connectivity index (χ1v) is 11.5. The van der Waals surface area contributed by atoms with Crippen molar-refractivity contribution in [3.8, 4) is 27.9 Å². The molecule has 6 rings (SSSR count). The molecule has 0 saturated heterocycles. The molecule has 0 radical (unpaired) electrons. The van der Waals surface area contributed by atoms with E-state index >= 15 is 0 Å². The van der Waals surface area contributed by atoms with Gasteiger partial charge in [0.25, 0.3) is 0 Å². The van der Waals surface area contributed by atoms with E-state index in [2.05, 4.69) is 142 Å². The fourth-order valence-electron chi connectivity index (χ4n) is 4.56. The first-order valence-electron chi connectivity index (χ1n) is 10.7. The third kappa shape index (κ3) is 3.24. The number of hydrogen-bond donors (Lipinski definition) is 0. The standard InChI is InChI=1S/C30H20BrN/c31-25-19-23(21-8-2-1-3-9-21)18-24(20-25)22-14-16-26(17-15-22)32-29-12-6-4-10-27(29)28-11-5-7-13-30(28)32/h1-20H. The summed E-state index contributed by atoms with van der Waals surface area (Å²) in [6.45, 7) is 0. The maximum atomic E-state index is 3.70. The first kappa shape index (κ1) is 19.1. The molecule has 1 heterocycles. The van der Waals surface area contributed by atoms with Crippen LogP contribution in [-0.4, -0.2) is 4.57 Å². The summed E-state index contributed by atoms with van der Waals surface area (Å²) in [5.74, 6) is 0. The summed E-state index contributed by atoms with van der Waals surface area (Å²) < 4.78 is 3.44. The Morgan fingerprint density at radius 2 is 0.938 bits per heavy atom. The molecule has 6 aromatic rings. The Kier molecular flexibility index (Phi) is 4.66. The van der Waals surface area contributed by atoms with Crippen molar-refractivity contribution in [2.45, 2.75) is 0 Å². The van der Waals surface area contributed by atoms with Crippen LogP contribution in [0.1, 0.15) is 0 Å². The molecule has 0 fully saturated rings. The van der Waals surface area contributed by atoms with Crippen molar-refractivity contribution in [2.24, 2.45) is 0 Å². The molecule has 0 atom stereocenters. The number of rotatable bonds is 3. The van der Waals surface area contributed by atoms with Gasteiger partial charge in [-0.1, -0.05) is 94.8 Å². The normalized spacial score (nSPS) is 11.3. The molecule has 5 aromatic carbocycles. The number of nitrogens with zero attached hydrogens (tertiary/aromatic N) is 1. The lowest BCUT2D eigenvalue weighted by Gasteiger charge is -2.11. The van der Waals surface area contributed by atoms with Gasteiger partial charge in [0.2, 0.25) is 0 Å². The van der Waals surface area contributed by atoms with E-state index in [9.17, 15) is 0 Å². The molecule has 1 nitrogen and oxygen atoms in total. The second-order valence-corrected chi connectivity index (χ2v) is 8.93. The van der Waals surface area contributed by atoms with Gasteiger partial charge in [0.05, 0.1) is 11.0 Å². The number of benzene rings is 5. The third-order valence-corrected chi connectivity index (χ3v) is 6.50. The minimum absolute atomic E-state index is 1.08. The lowest BCUT2D eigenvalue weighted by Crippen LogP contribution is -1.93. The van der Waals surface area contributed by atoms with Crippen molar-refractivity contribution in [3.05, 3.63) is 126 Å². The minimum atomic E-state index is 1.08. The van der Waals surface area contributed by atoms with Crippen LogP contribution < -0.4 is 0 Å². The van der Waals surface area contributed by atoms with Gasteiger partial charge in [-0.05, 0) is 64.7 Å². The van der Waals surface area contributed by atoms with Crippen LogP contribution in [0.5, 0.6) is 0 Å². The first-order chi connectivity index (χ1) is 15.8. The van der Waals surface area contributed by atoms with E-state index in [1.54, 1.807) is 0 Å². The Hall–Kier alpha value is -3.62. The Balaban J connectivity index is 1.46. The molecule has 0 bridgehead atoms. The molecule has 152 valence electrons. The highest BCUT2D eigenvalue weighted by Crippen LogP contribution is 2.34. The predicted octanol–water partition coefficient (Wildman–Crippen LogP) is 8.88. The largest absolute Gasteiger partial charge is 0.309 e. The van der Waals surface area contributed by atoms with Gasteiger partial charge in [-0.25, -0.2) is 0 Å². The Morgan fingerprint density at radius 3 is 1.53 bits per heavy atom. The molecule has 2 heteroatoms. The van der Waals surface area contributed by atoms with E-state index in [0.717, 1.165) is 4.47 Å². The highest BCUT2D eigenvalue weighted by Gasteiger charge is 2.11. The Morgan fingerprint density at radius 1 is 0.438 bits per heavy atom. The van der Waals surface area contributed by atoms with Crippen molar-refractivity contribution in [1.82, 2.24) is 4.57 Å². The Bertz CT molecular complexity index is 1510. The second-order valence-electron chi connectivity index (χ2n) is 8.01. The van der Waals surface area contributed by atoms with Gasteiger partial charge in [-0.15, -0.1) is 0 Å². The van der Waals surface area contributed by atoms with Gasteiger partial charge < -0.3 is 4.57 Å². The van der Waals surface area contributed by atoms with Crippen molar-refractivity contribution >= 4 is 37.7 Å². The fraction of sp³-hybridized carbons (Fsp3) is 0. The van der Waals surface area contributed by atoms with Gasteiger partial charge in [-0.2, -0.15) is 0 Å². The van der Waals surface area contributed by atoms with Gasteiger partial charge >= 0.3 is 0 Å². The summed E-state index contributed by atoms with van der Waals surface area (Å²) in [6.07, 6.45) is 0. The van der Waals surface area contributed by atoms with Gasteiger partial charge in [0.1, 0.15) is 0 Å². The van der Waals surface area contributed by atoms with Gasteiger partial charge in [-0.3, -0.25) is 0 Å².